The number of hydrogen-bond acceptors (Lipinski definition) is 10. The molecule has 204 valence electrons. The summed E-state index contributed by atoms with van der Waals surface area (Å²) in [5.74, 6) is -0.473. The summed E-state index contributed by atoms with van der Waals surface area (Å²) in [6, 6.07) is 0. The first-order valence-electron chi connectivity index (χ1n) is 12.8. The van der Waals surface area contributed by atoms with Gasteiger partial charge in [0.25, 0.3) is 0 Å². The number of aliphatic hydroxyl groups excluding tert-OH is 6. The summed E-state index contributed by atoms with van der Waals surface area (Å²) in [5, 5.41) is 61.3. The average molecular weight is 513 g/mol. The molecule has 2 heterocycles. The fourth-order valence-electron chi connectivity index (χ4n) is 7.01. The topological polar surface area (TPSA) is 166 Å². The highest BCUT2D eigenvalue weighted by Crippen LogP contribution is 2.62. The van der Waals surface area contributed by atoms with Crippen LogP contribution in [0.3, 0.4) is 0 Å². The first-order valence-corrected chi connectivity index (χ1v) is 12.8. The highest BCUT2D eigenvalue weighted by molar-refractivity contribution is 5.91. The summed E-state index contributed by atoms with van der Waals surface area (Å²) in [7, 11) is 0. The predicted octanol–water partition coefficient (Wildman–Crippen LogP) is -0.213. The molecule has 4 aliphatic rings. The third-order valence-electron chi connectivity index (χ3n) is 9.30. The lowest BCUT2D eigenvalue weighted by molar-refractivity contribution is -0.313. The third-order valence-corrected chi connectivity index (χ3v) is 9.30. The molecule has 0 bridgehead atoms. The number of cyclic esters (lactones) is 1. The second kappa shape index (κ2) is 10.4. The van der Waals surface area contributed by atoms with E-state index in [-0.39, 0.29) is 36.0 Å². The van der Waals surface area contributed by atoms with Crippen LogP contribution in [0.4, 0.5) is 0 Å². The maximum Gasteiger partial charge on any atom is 0.336 e. The normalized spacial score (nSPS) is 48.7. The number of allylic oxidation sites excluding steroid dienone is 2. The van der Waals surface area contributed by atoms with Crippen molar-refractivity contribution < 1.29 is 49.6 Å². The molecule has 10 heteroatoms. The first kappa shape index (κ1) is 27.7. The van der Waals surface area contributed by atoms with Gasteiger partial charge in [-0.25, -0.2) is 4.79 Å². The summed E-state index contributed by atoms with van der Waals surface area (Å²) >= 11 is 0. The molecule has 4 rings (SSSR count). The van der Waals surface area contributed by atoms with Gasteiger partial charge in [-0.1, -0.05) is 32.1 Å². The monoisotopic (exact) mass is 512 g/mol. The van der Waals surface area contributed by atoms with Gasteiger partial charge in [0.1, 0.15) is 37.1 Å². The Labute approximate surface area is 211 Å². The fraction of sp³-hybridized carbons (Fsp3) is 0.808. The molecule has 2 aliphatic carbocycles. The summed E-state index contributed by atoms with van der Waals surface area (Å²) < 4.78 is 16.4. The molecule has 2 aliphatic heterocycles. The molecule has 2 saturated heterocycles. The molecule has 0 aromatic heterocycles. The molecule has 0 aromatic carbocycles. The molecular formula is C26H40O10. The van der Waals surface area contributed by atoms with Crippen molar-refractivity contribution in [1.82, 2.24) is 0 Å². The van der Waals surface area contributed by atoms with Crippen LogP contribution in [0, 0.1) is 22.7 Å². The van der Waals surface area contributed by atoms with Crippen LogP contribution in [0.1, 0.15) is 46.0 Å². The maximum absolute atomic E-state index is 12.0. The van der Waals surface area contributed by atoms with E-state index in [0.29, 0.717) is 12.8 Å². The second-order valence-electron chi connectivity index (χ2n) is 11.4. The number of esters is 1. The zero-order valence-corrected chi connectivity index (χ0v) is 21.0. The SMILES string of the molecule is C=C1CCC2C(C)(CCC(O)[C@@]2(C)CO[C@@H]2O[C@H](CO)C(O)[C@H](O)C2O)C1C/C=C1\C(=O)OCC1O. The van der Waals surface area contributed by atoms with Crippen molar-refractivity contribution in [3.05, 3.63) is 23.8 Å². The zero-order valence-electron chi connectivity index (χ0n) is 21.0. The molecule has 0 aromatic rings. The van der Waals surface area contributed by atoms with Crippen molar-refractivity contribution >= 4 is 5.97 Å². The van der Waals surface area contributed by atoms with E-state index in [4.69, 9.17) is 14.2 Å². The van der Waals surface area contributed by atoms with Gasteiger partial charge in [0.2, 0.25) is 0 Å². The summed E-state index contributed by atoms with van der Waals surface area (Å²) in [6.45, 7) is 7.89. The number of ether oxygens (including phenoxy) is 3. The lowest BCUT2D eigenvalue weighted by Crippen LogP contribution is -2.61. The Kier molecular flexibility index (Phi) is 8.00. The Morgan fingerprint density at radius 2 is 1.83 bits per heavy atom. The van der Waals surface area contributed by atoms with Crippen LogP contribution in [-0.2, 0) is 19.0 Å². The van der Waals surface area contributed by atoms with Gasteiger partial charge in [-0.2, -0.15) is 0 Å². The molecular weight excluding hydrogens is 472 g/mol. The van der Waals surface area contributed by atoms with Gasteiger partial charge >= 0.3 is 5.97 Å². The Hall–Kier alpha value is -1.37. The molecule has 0 spiro atoms. The molecule has 2 saturated carbocycles. The van der Waals surface area contributed by atoms with E-state index in [1.54, 1.807) is 6.08 Å². The first-order chi connectivity index (χ1) is 16.9. The van der Waals surface area contributed by atoms with E-state index in [0.717, 1.165) is 24.8 Å². The molecule has 0 amide bonds. The Morgan fingerprint density at radius 3 is 2.47 bits per heavy atom. The van der Waals surface area contributed by atoms with Gasteiger partial charge in [0, 0.05) is 5.41 Å². The molecule has 0 radical (unpaired) electrons. The summed E-state index contributed by atoms with van der Waals surface area (Å²) in [4.78, 5) is 12.0. The standard InChI is InChI=1S/C26H40O10/c1-13-4-7-18-25(2,15(13)6-5-14-16(28)11-34-23(14)33)9-8-19(29)26(18,3)12-35-24-22(32)21(31)20(30)17(10-27)36-24/h5,15-22,24,27-32H,1,4,6-12H2,2-3H3/b14-5-/t15?,16?,17-,18?,19?,20?,21+,22?,24-,25?,26+/m1/s1. The van der Waals surface area contributed by atoms with Crippen molar-refractivity contribution in [3.8, 4) is 0 Å². The smallest absolute Gasteiger partial charge is 0.336 e. The summed E-state index contributed by atoms with van der Waals surface area (Å²) in [5.41, 5.74) is 0.356. The van der Waals surface area contributed by atoms with Gasteiger partial charge in [0.05, 0.1) is 24.9 Å². The number of hydrogen-bond donors (Lipinski definition) is 6. The van der Waals surface area contributed by atoms with Crippen LogP contribution in [0.5, 0.6) is 0 Å². The Bertz CT molecular complexity index is 873. The quantitative estimate of drug-likeness (QED) is 0.159. The minimum absolute atomic E-state index is 0.00740. The zero-order chi connectivity index (χ0) is 26.4. The number of aliphatic hydroxyl groups is 6. The van der Waals surface area contributed by atoms with Crippen LogP contribution < -0.4 is 0 Å². The highest BCUT2D eigenvalue weighted by Gasteiger charge is 2.58. The number of fused-ring (bicyclic) bond motifs is 1. The molecule has 11 atom stereocenters. The lowest BCUT2D eigenvalue weighted by atomic mass is 9.46. The molecule has 7 unspecified atom stereocenters. The number of carbonyl (C=O) groups is 1. The Morgan fingerprint density at radius 1 is 1.11 bits per heavy atom. The van der Waals surface area contributed by atoms with Crippen molar-refractivity contribution in [2.45, 2.75) is 88.9 Å². The van der Waals surface area contributed by atoms with Crippen molar-refractivity contribution in [1.29, 1.82) is 0 Å². The van der Waals surface area contributed by atoms with Gasteiger partial charge in [0.15, 0.2) is 6.29 Å². The minimum atomic E-state index is -1.54. The number of carbonyl (C=O) groups excluding carboxylic acids is 1. The van der Waals surface area contributed by atoms with Crippen LogP contribution in [0.15, 0.2) is 23.8 Å². The van der Waals surface area contributed by atoms with Gasteiger partial charge in [-0.05, 0) is 49.4 Å². The highest BCUT2D eigenvalue weighted by atomic mass is 16.7. The van der Waals surface area contributed by atoms with E-state index < -0.39 is 60.9 Å². The average Bonchev–Trinajstić information content (AvgIpc) is 3.16. The molecule has 6 N–H and O–H groups in total. The largest absolute Gasteiger partial charge is 0.459 e. The van der Waals surface area contributed by atoms with Crippen molar-refractivity contribution in [2.75, 3.05) is 19.8 Å². The van der Waals surface area contributed by atoms with Crippen LogP contribution in [0.25, 0.3) is 0 Å². The minimum Gasteiger partial charge on any atom is -0.459 e. The molecule has 4 fully saturated rings. The van der Waals surface area contributed by atoms with E-state index in [9.17, 15) is 35.4 Å². The maximum atomic E-state index is 12.0. The van der Waals surface area contributed by atoms with Gasteiger partial charge in [-0.3, -0.25) is 0 Å². The van der Waals surface area contributed by atoms with E-state index in [1.807, 2.05) is 6.92 Å². The van der Waals surface area contributed by atoms with Gasteiger partial charge < -0.3 is 44.8 Å². The summed E-state index contributed by atoms with van der Waals surface area (Å²) in [6.07, 6.45) is -3.42. The molecule has 36 heavy (non-hydrogen) atoms. The van der Waals surface area contributed by atoms with E-state index in [2.05, 4.69) is 13.5 Å². The Balaban J connectivity index is 1.54. The van der Waals surface area contributed by atoms with Crippen LogP contribution >= 0.6 is 0 Å². The van der Waals surface area contributed by atoms with Crippen LogP contribution in [-0.4, -0.2) is 99.3 Å². The molecule has 10 nitrogen and oxygen atoms in total. The van der Waals surface area contributed by atoms with Crippen LogP contribution in [0.2, 0.25) is 0 Å². The predicted molar refractivity (Wildman–Crippen MR) is 126 cm³/mol. The van der Waals surface area contributed by atoms with Crippen molar-refractivity contribution in [2.24, 2.45) is 22.7 Å². The van der Waals surface area contributed by atoms with Crippen molar-refractivity contribution in [3.63, 3.8) is 0 Å². The van der Waals surface area contributed by atoms with E-state index >= 15 is 0 Å². The van der Waals surface area contributed by atoms with E-state index in [1.165, 1.54) is 0 Å². The third kappa shape index (κ3) is 4.67. The number of rotatable bonds is 6. The fourth-order valence-corrected chi connectivity index (χ4v) is 7.01. The van der Waals surface area contributed by atoms with Gasteiger partial charge in [-0.15, -0.1) is 0 Å². The second-order valence-corrected chi connectivity index (χ2v) is 11.4. The lowest BCUT2D eigenvalue weighted by Gasteiger charge is -2.60.